The first-order valence-corrected chi connectivity index (χ1v) is 6.92. The zero-order valence-electron chi connectivity index (χ0n) is 12.2. The summed E-state index contributed by atoms with van der Waals surface area (Å²) in [6.07, 6.45) is 3.52. The molecule has 3 heteroatoms. The Morgan fingerprint density at radius 2 is 1.91 bits per heavy atom. The second-order valence-corrected chi connectivity index (χ2v) is 4.79. The van der Waals surface area contributed by atoms with Crippen molar-refractivity contribution in [3.63, 3.8) is 0 Å². The lowest BCUT2D eigenvalue weighted by atomic mass is 10.0. The molecule has 0 bridgehead atoms. The van der Waals surface area contributed by atoms with Crippen LogP contribution < -0.4 is 4.74 Å². The standard InChI is InChI=1S/C19H14N2O/c1-22-19-10-9-14-6-2-3-7-16(14)17(19)12-15(13-20)18-8-4-5-11-21-18/h2-12H,1H3/b15-12-. The predicted octanol–water partition coefficient (Wildman–Crippen LogP) is 4.31. The van der Waals surface area contributed by atoms with Gasteiger partial charge in [0.15, 0.2) is 0 Å². The van der Waals surface area contributed by atoms with Crippen molar-refractivity contribution in [2.24, 2.45) is 0 Å². The van der Waals surface area contributed by atoms with Crippen molar-refractivity contribution < 1.29 is 4.74 Å². The van der Waals surface area contributed by atoms with Crippen LogP contribution in [-0.4, -0.2) is 12.1 Å². The summed E-state index contributed by atoms with van der Waals surface area (Å²) in [4.78, 5) is 4.25. The Morgan fingerprint density at radius 3 is 2.64 bits per heavy atom. The molecule has 0 aliphatic carbocycles. The molecule has 0 amide bonds. The van der Waals surface area contributed by atoms with E-state index in [0.717, 1.165) is 22.1 Å². The van der Waals surface area contributed by atoms with Gasteiger partial charge in [-0.25, -0.2) is 0 Å². The minimum absolute atomic E-state index is 0.509. The topological polar surface area (TPSA) is 45.9 Å². The third-order valence-corrected chi connectivity index (χ3v) is 3.50. The van der Waals surface area contributed by atoms with Crippen molar-refractivity contribution in [3.05, 3.63) is 72.1 Å². The Labute approximate surface area is 129 Å². The maximum absolute atomic E-state index is 9.48. The van der Waals surface area contributed by atoms with Crippen molar-refractivity contribution in [1.29, 1.82) is 5.26 Å². The number of fused-ring (bicyclic) bond motifs is 1. The molecule has 3 nitrogen and oxygen atoms in total. The van der Waals surface area contributed by atoms with E-state index < -0.39 is 0 Å². The van der Waals surface area contributed by atoms with Gasteiger partial charge in [0.1, 0.15) is 11.8 Å². The van der Waals surface area contributed by atoms with Gasteiger partial charge in [-0.3, -0.25) is 4.98 Å². The highest BCUT2D eigenvalue weighted by Crippen LogP contribution is 2.31. The van der Waals surface area contributed by atoms with Crippen LogP contribution in [0.2, 0.25) is 0 Å². The Kier molecular flexibility index (Phi) is 3.84. The van der Waals surface area contributed by atoms with Crippen molar-refractivity contribution in [2.45, 2.75) is 0 Å². The fourth-order valence-electron chi connectivity index (χ4n) is 2.43. The van der Waals surface area contributed by atoms with Gasteiger partial charge < -0.3 is 4.74 Å². The third kappa shape index (κ3) is 2.55. The largest absolute Gasteiger partial charge is 0.496 e. The molecule has 22 heavy (non-hydrogen) atoms. The lowest BCUT2D eigenvalue weighted by Crippen LogP contribution is -1.91. The van der Waals surface area contributed by atoms with Gasteiger partial charge in [0.05, 0.1) is 18.4 Å². The molecular weight excluding hydrogens is 272 g/mol. The maximum atomic E-state index is 9.48. The van der Waals surface area contributed by atoms with Gasteiger partial charge in [0, 0.05) is 11.8 Å². The molecule has 0 atom stereocenters. The molecular formula is C19H14N2O. The fraction of sp³-hybridized carbons (Fsp3) is 0.0526. The van der Waals surface area contributed by atoms with Gasteiger partial charge in [-0.2, -0.15) is 5.26 Å². The van der Waals surface area contributed by atoms with E-state index in [1.807, 2.05) is 60.7 Å². The summed E-state index contributed by atoms with van der Waals surface area (Å²) in [5, 5.41) is 11.6. The van der Waals surface area contributed by atoms with Crippen molar-refractivity contribution in [2.75, 3.05) is 7.11 Å². The Morgan fingerprint density at radius 1 is 1.09 bits per heavy atom. The number of ether oxygens (including phenoxy) is 1. The van der Waals surface area contributed by atoms with Crippen LogP contribution in [0.5, 0.6) is 5.75 Å². The van der Waals surface area contributed by atoms with Crippen LogP contribution >= 0.6 is 0 Å². The number of nitrogens with zero attached hydrogens (tertiary/aromatic N) is 2. The number of nitriles is 1. The monoisotopic (exact) mass is 286 g/mol. The van der Waals surface area contributed by atoms with Crippen LogP contribution in [0, 0.1) is 11.3 Å². The molecule has 0 N–H and O–H groups in total. The number of methoxy groups -OCH3 is 1. The van der Waals surface area contributed by atoms with E-state index in [9.17, 15) is 5.26 Å². The Hall–Kier alpha value is -3.12. The molecule has 3 rings (SSSR count). The molecule has 0 unspecified atom stereocenters. The van der Waals surface area contributed by atoms with E-state index in [2.05, 4.69) is 11.1 Å². The van der Waals surface area contributed by atoms with Crippen LogP contribution in [0.4, 0.5) is 0 Å². The molecule has 2 aromatic carbocycles. The molecule has 106 valence electrons. The van der Waals surface area contributed by atoms with Crippen LogP contribution in [0.3, 0.4) is 0 Å². The van der Waals surface area contributed by atoms with Crippen LogP contribution in [0.25, 0.3) is 22.4 Å². The summed E-state index contributed by atoms with van der Waals surface area (Å²) in [6, 6.07) is 19.7. The molecule has 0 saturated heterocycles. The fourth-order valence-corrected chi connectivity index (χ4v) is 2.43. The first-order chi connectivity index (χ1) is 10.8. The van der Waals surface area contributed by atoms with E-state index >= 15 is 0 Å². The highest BCUT2D eigenvalue weighted by Gasteiger charge is 2.09. The second kappa shape index (κ2) is 6.11. The van der Waals surface area contributed by atoms with Gasteiger partial charge in [-0.05, 0) is 35.0 Å². The molecule has 1 heterocycles. The van der Waals surface area contributed by atoms with E-state index in [0.29, 0.717) is 11.3 Å². The number of benzene rings is 2. The molecule has 0 saturated carbocycles. The lowest BCUT2D eigenvalue weighted by Gasteiger charge is -2.09. The highest BCUT2D eigenvalue weighted by atomic mass is 16.5. The minimum Gasteiger partial charge on any atom is -0.496 e. The summed E-state index contributed by atoms with van der Waals surface area (Å²) >= 11 is 0. The van der Waals surface area contributed by atoms with Gasteiger partial charge in [-0.1, -0.05) is 36.4 Å². The first-order valence-electron chi connectivity index (χ1n) is 6.92. The highest BCUT2D eigenvalue weighted by molar-refractivity contribution is 5.99. The summed E-state index contributed by atoms with van der Waals surface area (Å²) in [7, 11) is 1.63. The quantitative estimate of drug-likeness (QED) is 0.674. The number of hydrogen-bond acceptors (Lipinski definition) is 3. The zero-order valence-corrected chi connectivity index (χ0v) is 12.2. The molecule has 0 aliphatic rings. The van der Waals surface area contributed by atoms with E-state index in [1.54, 1.807) is 13.3 Å². The average molecular weight is 286 g/mol. The Bertz CT molecular complexity index is 877. The smallest absolute Gasteiger partial charge is 0.126 e. The van der Waals surface area contributed by atoms with E-state index in [4.69, 9.17) is 4.74 Å². The number of allylic oxidation sites excluding steroid dienone is 1. The van der Waals surface area contributed by atoms with Gasteiger partial charge in [0.25, 0.3) is 0 Å². The SMILES string of the molecule is COc1ccc2ccccc2c1/C=C(/C#N)c1ccccn1. The number of rotatable bonds is 3. The normalized spacial score (nSPS) is 11.2. The summed E-state index contributed by atoms with van der Waals surface area (Å²) in [5.41, 5.74) is 2.05. The zero-order chi connectivity index (χ0) is 15.4. The summed E-state index contributed by atoms with van der Waals surface area (Å²) < 4.78 is 5.46. The molecule has 0 aliphatic heterocycles. The number of aromatic nitrogens is 1. The van der Waals surface area contributed by atoms with Gasteiger partial charge in [0.2, 0.25) is 0 Å². The molecule has 0 radical (unpaired) electrons. The third-order valence-electron chi connectivity index (χ3n) is 3.50. The van der Waals surface area contributed by atoms with Crippen LogP contribution in [0.15, 0.2) is 60.8 Å². The summed E-state index contributed by atoms with van der Waals surface area (Å²) in [5.74, 6) is 0.738. The van der Waals surface area contributed by atoms with E-state index in [1.165, 1.54) is 0 Å². The van der Waals surface area contributed by atoms with Crippen LogP contribution in [-0.2, 0) is 0 Å². The van der Waals surface area contributed by atoms with Crippen molar-refractivity contribution >= 4 is 22.4 Å². The van der Waals surface area contributed by atoms with Gasteiger partial charge in [-0.15, -0.1) is 0 Å². The number of hydrogen-bond donors (Lipinski definition) is 0. The van der Waals surface area contributed by atoms with Crippen molar-refractivity contribution in [1.82, 2.24) is 4.98 Å². The predicted molar refractivity (Wildman–Crippen MR) is 88.2 cm³/mol. The average Bonchev–Trinajstić information content (AvgIpc) is 2.60. The molecule has 3 aromatic rings. The number of pyridine rings is 1. The van der Waals surface area contributed by atoms with Gasteiger partial charge >= 0.3 is 0 Å². The Balaban J connectivity index is 2.25. The summed E-state index contributed by atoms with van der Waals surface area (Å²) in [6.45, 7) is 0. The first kappa shape index (κ1) is 13.8. The van der Waals surface area contributed by atoms with E-state index in [-0.39, 0.29) is 0 Å². The maximum Gasteiger partial charge on any atom is 0.126 e. The molecule has 0 spiro atoms. The molecule has 0 fully saturated rings. The second-order valence-electron chi connectivity index (χ2n) is 4.79. The lowest BCUT2D eigenvalue weighted by molar-refractivity contribution is 0.414. The minimum atomic E-state index is 0.509. The van der Waals surface area contributed by atoms with Crippen molar-refractivity contribution in [3.8, 4) is 11.8 Å². The van der Waals surface area contributed by atoms with Crippen LogP contribution in [0.1, 0.15) is 11.3 Å². The molecule has 1 aromatic heterocycles.